The van der Waals surface area contributed by atoms with Crippen molar-refractivity contribution in [1.29, 1.82) is 0 Å². The standard InChI is InChI=1S/C25H42N4O10/c1-3-7-38-22-25(21-30,23-39-8-4-2)28-24(31)5-9-32-11-13-34-15-17-36-19-20-37-18-16-35-14-12-33-10-6-27-29-26/h1-2,30H,5-23H2,(H,28,31). The summed E-state index contributed by atoms with van der Waals surface area (Å²) < 4.78 is 42.8. The number of aliphatic hydroxyl groups excluding tert-OH is 1. The Kier molecular flexibility index (Phi) is 26.7. The van der Waals surface area contributed by atoms with E-state index >= 15 is 0 Å². The summed E-state index contributed by atoms with van der Waals surface area (Å²) in [6.07, 6.45) is 10.4. The molecule has 14 nitrogen and oxygen atoms in total. The third-order valence-electron chi connectivity index (χ3n) is 4.57. The van der Waals surface area contributed by atoms with Crippen LogP contribution >= 0.6 is 0 Å². The van der Waals surface area contributed by atoms with Crippen molar-refractivity contribution in [2.75, 3.05) is 119 Å². The number of nitrogens with one attached hydrogen (secondary N) is 1. The Morgan fingerprint density at radius 1 is 0.744 bits per heavy atom. The molecule has 2 N–H and O–H groups in total. The van der Waals surface area contributed by atoms with Gasteiger partial charge in [-0.2, -0.15) is 0 Å². The van der Waals surface area contributed by atoms with Crippen LogP contribution in [0, 0.1) is 24.7 Å². The Morgan fingerprint density at radius 3 is 1.54 bits per heavy atom. The molecule has 0 spiro atoms. The van der Waals surface area contributed by atoms with Crippen LogP contribution in [0.3, 0.4) is 0 Å². The summed E-state index contributed by atoms with van der Waals surface area (Å²) in [5.74, 6) is 4.31. The van der Waals surface area contributed by atoms with E-state index in [9.17, 15) is 9.90 Å². The molecule has 14 heteroatoms. The van der Waals surface area contributed by atoms with E-state index in [1.807, 2.05) is 0 Å². The highest BCUT2D eigenvalue weighted by molar-refractivity contribution is 5.77. The molecule has 0 aliphatic heterocycles. The highest BCUT2D eigenvalue weighted by Gasteiger charge is 2.32. The lowest BCUT2D eigenvalue weighted by Crippen LogP contribution is -2.58. The van der Waals surface area contributed by atoms with Crippen molar-refractivity contribution < 1.29 is 47.8 Å². The summed E-state index contributed by atoms with van der Waals surface area (Å²) in [6, 6.07) is 0. The van der Waals surface area contributed by atoms with Gasteiger partial charge in [0, 0.05) is 17.9 Å². The minimum Gasteiger partial charge on any atom is -0.394 e. The fourth-order valence-electron chi connectivity index (χ4n) is 2.73. The van der Waals surface area contributed by atoms with Gasteiger partial charge < -0.3 is 48.3 Å². The number of carbonyl (C=O) groups is 1. The van der Waals surface area contributed by atoms with Gasteiger partial charge in [0.05, 0.1) is 99.1 Å². The zero-order valence-corrected chi connectivity index (χ0v) is 22.6. The van der Waals surface area contributed by atoms with Gasteiger partial charge in [-0.05, 0) is 5.53 Å². The van der Waals surface area contributed by atoms with Crippen molar-refractivity contribution in [3.05, 3.63) is 10.4 Å². The Bertz CT molecular complexity index is 703. The van der Waals surface area contributed by atoms with Gasteiger partial charge in [0.2, 0.25) is 5.91 Å². The molecule has 0 radical (unpaired) electrons. The van der Waals surface area contributed by atoms with Crippen molar-refractivity contribution in [2.24, 2.45) is 5.11 Å². The highest BCUT2D eigenvalue weighted by atomic mass is 16.6. The van der Waals surface area contributed by atoms with E-state index in [2.05, 4.69) is 27.2 Å². The lowest BCUT2D eigenvalue weighted by Gasteiger charge is -2.32. The third kappa shape index (κ3) is 24.3. The summed E-state index contributed by atoms with van der Waals surface area (Å²) in [5, 5.41) is 15.9. The number of terminal acetylenes is 2. The topological polar surface area (TPSA) is 172 Å². The van der Waals surface area contributed by atoms with Gasteiger partial charge in [-0.1, -0.05) is 17.0 Å². The Labute approximate surface area is 230 Å². The number of amides is 1. The zero-order chi connectivity index (χ0) is 28.7. The van der Waals surface area contributed by atoms with E-state index < -0.39 is 12.1 Å². The summed E-state index contributed by atoms with van der Waals surface area (Å²) in [7, 11) is 0. The maximum absolute atomic E-state index is 12.3. The summed E-state index contributed by atoms with van der Waals surface area (Å²) >= 11 is 0. The van der Waals surface area contributed by atoms with Crippen molar-refractivity contribution in [3.63, 3.8) is 0 Å². The largest absolute Gasteiger partial charge is 0.394 e. The SMILES string of the molecule is C#CCOCC(CO)(COCC#C)NC(=O)CCOCCOCCOCCOCCOCCOCCN=[N+]=[N-]. The first-order valence-corrected chi connectivity index (χ1v) is 12.6. The normalized spacial score (nSPS) is 10.9. The number of hydrogen-bond donors (Lipinski definition) is 2. The van der Waals surface area contributed by atoms with Gasteiger partial charge in [0.1, 0.15) is 18.8 Å². The van der Waals surface area contributed by atoms with Crippen molar-refractivity contribution in [2.45, 2.75) is 12.0 Å². The second-order valence-corrected chi connectivity index (χ2v) is 7.76. The molecule has 1 amide bonds. The Balaban J connectivity index is 3.63. The maximum Gasteiger partial charge on any atom is 0.222 e. The monoisotopic (exact) mass is 558 g/mol. The first kappa shape index (κ1) is 36.5. The number of carbonyl (C=O) groups excluding carboxylic acids is 1. The average molecular weight is 559 g/mol. The van der Waals surface area contributed by atoms with Gasteiger partial charge in [-0.3, -0.25) is 4.79 Å². The second kappa shape index (κ2) is 28.5. The molecule has 0 saturated carbocycles. The molecular weight excluding hydrogens is 516 g/mol. The van der Waals surface area contributed by atoms with Gasteiger partial charge in [-0.25, -0.2) is 0 Å². The first-order chi connectivity index (χ1) is 19.1. The maximum atomic E-state index is 12.3. The molecule has 0 aromatic rings. The molecule has 0 aliphatic carbocycles. The van der Waals surface area contributed by atoms with Crippen LogP contribution in [-0.2, 0) is 42.7 Å². The van der Waals surface area contributed by atoms with E-state index in [1.54, 1.807) is 0 Å². The molecular formula is C25H42N4O10. The van der Waals surface area contributed by atoms with Crippen molar-refractivity contribution >= 4 is 5.91 Å². The van der Waals surface area contributed by atoms with Crippen LogP contribution in [0.15, 0.2) is 5.11 Å². The second-order valence-electron chi connectivity index (χ2n) is 7.76. The average Bonchev–Trinajstić information content (AvgIpc) is 2.94. The fraction of sp³-hybridized carbons (Fsp3) is 0.800. The molecule has 0 rings (SSSR count). The summed E-state index contributed by atoms with van der Waals surface area (Å²) in [5.41, 5.74) is 6.97. The smallest absolute Gasteiger partial charge is 0.222 e. The van der Waals surface area contributed by atoms with E-state index in [0.29, 0.717) is 79.2 Å². The number of azide groups is 1. The number of aliphatic hydroxyl groups is 1. The first-order valence-electron chi connectivity index (χ1n) is 12.6. The third-order valence-corrected chi connectivity index (χ3v) is 4.57. The predicted molar refractivity (Wildman–Crippen MR) is 141 cm³/mol. The lowest BCUT2D eigenvalue weighted by molar-refractivity contribution is -0.127. The molecule has 0 heterocycles. The van der Waals surface area contributed by atoms with Crippen LogP contribution < -0.4 is 5.32 Å². The molecule has 0 unspecified atom stereocenters. The molecule has 0 fully saturated rings. The van der Waals surface area contributed by atoms with E-state index in [-0.39, 0.29) is 45.4 Å². The van der Waals surface area contributed by atoms with Crippen molar-refractivity contribution in [3.8, 4) is 24.7 Å². The van der Waals surface area contributed by atoms with Gasteiger partial charge >= 0.3 is 0 Å². The molecule has 0 atom stereocenters. The number of ether oxygens (including phenoxy) is 8. The predicted octanol–water partition coefficient (Wildman–Crippen LogP) is -0.0667. The molecule has 0 aromatic heterocycles. The van der Waals surface area contributed by atoms with Crippen LogP contribution in [0.5, 0.6) is 0 Å². The molecule has 0 aliphatic rings. The quantitative estimate of drug-likeness (QED) is 0.0416. The summed E-state index contributed by atoms with van der Waals surface area (Å²) in [4.78, 5) is 14.9. The van der Waals surface area contributed by atoms with Crippen LogP contribution in [0.1, 0.15) is 6.42 Å². The molecule has 0 bridgehead atoms. The van der Waals surface area contributed by atoms with Crippen molar-refractivity contribution in [1.82, 2.24) is 5.32 Å². The van der Waals surface area contributed by atoms with Gasteiger partial charge in [0.25, 0.3) is 0 Å². The minimum absolute atomic E-state index is 0.0275. The highest BCUT2D eigenvalue weighted by Crippen LogP contribution is 2.07. The van der Waals surface area contributed by atoms with E-state index in [0.717, 1.165) is 0 Å². The van der Waals surface area contributed by atoms with Crippen LogP contribution in [0.2, 0.25) is 0 Å². The summed E-state index contributed by atoms with van der Waals surface area (Å²) in [6.45, 7) is 4.62. The lowest BCUT2D eigenvalue weighted by atomic mass is 10.0. The van der Waals surface area contributed by atoms with Crippen LogP contribution in [-0.4, -0.2) is 135 Å². The molecule has 0 aromatic carbocycles. The molecule has 39 heavy (non-hydrogen) atoms. The Morgan fingerprint density at radius 2 is 1.15 bits per heavy atom. The van der Waals surface area contributed by atoms with Crippen LogP contribution in [0.25, 0.3) is 10.4 Å². The number of hydrogen-bond acceptors (Lipinski definition) is 11. The minimum atomic E-state index is -1.15. The van der Waals surface area contributed by atoms with Gasteiger partial charge in [-0.15, -0.1) is 12.8 Å². The van der Waals surface area contributed by atoms with E-state index in [4.69, 9.17) is 56.3 Å². The number of nitrogens with zero attached hydrogens (tertiary/aromatic N) is 3. The number of rotatable bonds is 29. The van der Waals surface area contributed by atoms with E-state index in [1.165, 1.54) is 0 Å². The molecule has 0 saturated heterocycles. The zero-order valence-electron chi connectivity index (χ0n) is 22.6. The Hall–Kier alpha value is -2.46. The van der Waals surface area contributed by atoms with Crippen LogP contribution in [0.4, 0.5) is 0 Å². The fourth-order valence-corrected chi connectivity index (χ4v) is 2.73. The molecule has 222 valence electrons. The van der Waals surface area contributed by atoms with Gasteiger partial charge in [0.15, 0.2) is 0 Å².